The predicted molar refractivity (Wildman–Crippen MR) is 90.2 cm³/mol. The topological polar surface area (TPSA) is 53.1 Å². The SMILES string of the molecule is CCCC1CCN(c2ccc(C(=N)N)c3ccccc23)C1. The van der Waals surface area contributed by atoms with Gasteiger partial charge in [-0.25, -0.2) is 0 Å². The quantitative estimate of drug-likeness (QED) is 0.662. The van der Waals surface area contributed by atoms with Crippen molar-refractivity contribution in [2.24, 2.45) is 11.7 Å². The Kier molecular flexibility index (Phi) is 3.82. The van der Waals surface area contributed by atoms with E-state index in [9.17, 15) is 0 Å². The van der Waals surface area contributed by atoms with Gasteiger partial charge in [-0.05, 0) is 36.3 Å². The van der Waals surface area contributed by atoms with Crippen molar-refractivity contribution in [3.8, 4) is 0 Å². The van der Waals surface area contributed by atoms with Gasteiger partial charge in [0, 0.05) is 29.7 Å². The predicted octanol–water partition coefficient (Wildman–Crippen LogP) is 3.75. The van der Waals surface area contributed by atoms with Crippen molar-refractivity contribution in [2.45, 2.75) is 26.2 Å². The number of hydrogen-bond donors (Lipinski definition) is 2. The highest BCUT2D eigenvalue weighted by Gasteiger charge is 2.23. The van der Waals surface area contributed by atoms with Crippen molar-refractivity contribution in [1.82, 2.24) is 0 Å². The van der Waals surface area contributed by atoms with Gasteiger partial charge in [-0.3, -0.25) is 5.41 Å². The third-order valence-corrected chi connectivity index (χ3v) is 4.51. The van der Waals surface area contributed by atoms with E-state index in [0.29, 0.717) is 0 Å². The van der Waals surface area contributed by atoms with Crippen LogP contribution in [0.2, 0.25) is 0 Å². The molecule has 0 aliphatic carbocycles. The molecule has 110 valence electrons. The zero-order valence-electron chi connectivity index (χ0n) is 12.6. The van der Waals surface area contributed by atoms with Gasteiger partial charge in [0.05, 0.1) is 0 Å². The summed E-state index contributed by atoms with van der Waals surface area (Å²) < 4.78 is 0. The highest BCUT2D eigenvalue weighted by atomic mass is 15.2. The van der Waals surface area contributed by atoms with Crippen LogP contribution in [0.5, 0.6) is 0 Å². The number of amidine groups is 1. The van der Waals surface area contributed by atoms with Crippen LogP contribution in [0.3, 0.4) is 0 Å². The van der Waals surface area contributed by atoms with E-state index in [1.54, 1.807) is 0 Å². The van der Waals surface area contributed by atoms with E-state index in [2.05, 4.69) is 36.1 Å². The minimum absolute atomic E-state index is 0.142. The maximum Gasteiger partial charge on any atom is 0.123 e. The van der Waals surface area contributed by atoms with E-state index in [1.165, 1.54) is 30.3 Å². The number of nitrogens with zero attached hydrogens (tertiary/aromatic N) is 1. The fourth-order valence-corrected chi connectivity index (χ4v) is 3.49. The number of fused-ring (bicyclic) bond motifs is 1. The summed E-state index contributed by atoms with van der Waals surface area (Å²) in [5.41, 5.74) is 7.83. The normalized spacial score (nSPS) is 18.3. The first-order valence-corrected chi connectivity index (χ1v) is 7.81. The molecule has 0 aromatic heterocycles. The number of rotatable bonds is 4. The number of hydrogen-bond acceptors (Lipinski definition) is 2. The molecule has 0 amide bonds. The van der Waals surface area contributed by atoms with Crippen molar-refractivity contribution in [2.75, 3.05) is 18.0 Å². The van der Waals surface area contributed by atoms with E-state index >= 15 is 0 Å². The molecule has 0 spiro atoms. The van der Waals surface area contributed by atoms with Crippen molar-refractivity contribution in [1.29, 1.82) is 5.41 Å². The summed E-state index contributed by atoms with van der Waals surface area (Å²) in [5, 5.41) is 10.0. The smallest absolute Gasteiger partial charge is 0.123 e. The van der Waals surface area contributed by atoms with Crippen LogP contribution in [0.1, 0.15) is 31.7 Å². The second kappa shape index (κ2) is 5.76. The third kappa shape index (κ3) is 2.60. The van der Waals surface area contributed by atoms with Gasteiger partial charge in [-0.15, -0.1) is 0 Å². The third-order valence-electron chi connectivity index (χ3n) is 4.51. The van der Waals surface area contributed by atoms with Crippen LogP contribution in [0, 0.1) is 11.3 Å². The Bertz CT molecular complexity index is 663. The van der Waals surface area contributed by atoms with Gasteiger partial charge in [0.25, 0.3) is 0 Å². The summed E-state index contributed by atoms with van der Waals surface area (Å²) in [4.78, 5) is 2.49. The van der Waals surface area contributed by atoms with Crippen LogP contribution in [-0.2, 0) is 0 Å². The van der Waals surface area contributed by atoms with Crippen molar-refractivity contribution < 1.29 is 0 Å². The fourth-order valence-electron chi connectivity index (χ4n) is 3.49. The summed E-state index contributed by atoms with van der Waals surface area (Å²) in [6.45, 7) is 4.55. The molecular weight excluding hydrogens is 258 g/mol. The minimum Gasteiger partial charge on any atom is -0.384 e. The second-order valence-corrected chi connectivity index (χ2v) is 5.98. The molecule has 3 nitrogen and oxygen atoms in total. The zero-order chi connectivity index (χ0) is 14.8. The van der Waals surface area contributed by atoms with E-state index in [1.807, 2.05) is 12.1 Å². The van der Waals surface area contributed by atoms with Crippen LogP contribution in [0.15, 0.2) is 36.4 Å². The summed E-state index contributed by atoms with van der Waals surface area (Å²) in [6, 6.07) is 12.4. The van der Waals surface area contributed by atoms with Gasteiger partial charge in [0.2, 0.25) is 0 Å². The Hall–Kier alpha value is -2.03. The second-order valence-electron chi connectivity index (χ2n) is 5.98. The number of nitrogen functional groups attached to an aromatic ring is 1. The minimum atomic E-state index is 0.142. The molecule has 1 unspecified atom stereocenters. The average molecular weight is 281 g/mol. The molecule has 1 aliphatic heterocycles. The van der Waals surface area contributed by atoms with Gasteiger partial charge in [-0.1, -0.05) is 37.6 Å². The summed E-state index contributed by atoms with van der Waals surface area (Å²) in [5.74, 6) is 0.962. The first-order valence-electron chi connectivity index (χ1n) is 7.81. The molecular formula is C18H23N3. The van der Waals surface area contributed by atoms with Crippen molar-refractivity contribution in [3.63, 3.8) is 0 Å². The highest BCUT2D eigenvalue weighted by Crippen LogP contribution is 2.33. The van der Waals surface area contributed by atoms with Crippen LogP contribution >= 0.6 is 0 Å². The molecule has 1 heterocycles. The van der Waals surface area contributed by atoms with Gasteiger partial charge in [0.1, 0.15) is 5.84 Å². The molecule has 1 aliphatic rings. The Morgan fingerprint density at radius 1 is 1.24 bits per heavy atom. The fraction of sp³-hybridized carbons (Fsp3) is 0.389. The monoisotopic (exact) mass is 281 g/mol. The number of benzene rings is 2. The van der Waals surface area contributed by atoms with Crippen molar-refractivity contribution >= 4 is 22.3 Å². The lowest BCUT2D eigenvalue weighted by Gasteiger charge is -2.22. The maximum atomic E-state index is 7.75. The molecule has 2 aromatic carbocycles. The Labute approximate surface area is 126 Å². The van der Waals surface area contributed by atoms with E-state index < -0.39 is 0 Å². The number of nitrogens with two attached hydrogens (primary N) is 1. The largest absolute Gasteiger partial charge is 0.384 e. The maximum absolute atomic E-state index is 7.75. The summed E-state index contributed by atoms with van der Waals surface area (Å²) >= 11 is 0. The Morgan fingerprint density at radius 2 is 2.00 bits per heavy atom. The van der Waals surface area contributed by atoms with E-state index in [4.69, 9.17) is 11.1 Å². The van der Waals surface area contributed by atoms with Gasteiger partial charge in [0.15, 0.2) is 0 Å². The van der Waals surface area contributed by atoms with Crippen molar-refractivity contribution in [3.05, 3.63) is 42.0 Å². The first kappa shape index (κ1) is 13.9. The molecule has 3 heteroatoms. The molecule has 0 saturated carbocycles. The Balaban J connectivity index is 2.01. The van der Waals surface area contributed by atoms with Crippen LogP contribution in [-0.4, -0.2) is 18.9 Å². The van der Waals surface area contributed by atoms with Crippen LogP contribution < -0.4 is 10.6 Å². The van der Waals surface area contributed by atoms with E-state index in [0.717, 1.165) is 30.0 Å². The molecule has 1 atom stereocenters. The molecule has 3 N–H and O–H groups in total. The average Bonchev–Trinajstić information content (AvgIpc) is 2.94. The molecule has 0 bridgehead atoms. The molecule has 21 heavy (non-hydrogen) atoms. The molecule has 1 fully saturated rings. The lowest BCUT2D eigenvalue weighted by atomic mass is 10.0. The summed E-state index contributed by atoms with van der Waals surface area (Å²) in [7, 11) is 0. The van der Waals surface area contributed by atoms with Crippen LogP contribution in [0.4, 0.5) is 5.69 Å². The molecule has 0 radical (unpaired) electrons. The standard InChI is InChI=1S/C18H23N3/c1-2-5-13-10-11-21(12-13)17-9-8-16(18(19)20)14-6-3-4-7-15(14)17/h3-4,6-9,13H,2,5,10-12H2,1H3,(H3,19,20). The van der Waals surface area contributed by atoms with Gasteiger partial charge in [-0.2, -0.15) is 0 Å². The van der Waals surface area contributed by atoms with E-state index in [-0.39, 0.29) is 5.84 Å². The van der Waals surface area contributed by atoms with Gasteiger partial charge >= 0.3 is 0 Å². The van der Waals surface area contributed by atoms with Crippen LogP contribution in [0.25, 0.3) is 10.8 Å². The lowest BCUT2D eigenvalue weighted by Crippen LogP contribution is -2.20. The molecule has 2 aromatic rings. The molecule has 1 saturated heterocycles. The lowest BCUT2D eigenvalue weighted by molar-refractivity contribution is 0.530. The zero-order valence-corrected chi connectivity index (χ0v) is 12.6. The number of anilines is 1. The first-order chi connectivity index (χ1) is 10.2. The number of nitrogens with one attached hydrogen (secondary N) is 1. The Morgan fingerprint density at radius 3 is 2.71 bits per heavy atom. The highest BCUT2D eigenvalue weighted by molar-refractivity contribution is 6.10. The summed E-state index contributed by atoms with van der Waals surface area (Å²) in [6.07, 6.45) is 3.87. The van der Waals surface area contributed by atoms with Gasteiger partial charge < -0.3 is 10.6 Å². The molecule has 3 rings (SSSR count).